The number of nitrogens with zero attached hydrogens (tertiary/aromatic N) is 6. The van der Waals surface area contributed by atoms with Gasteiger partial charge in [0, 0.05) is 85.0 Å². The number of piperazine rings is 3. The van der Waals surface area contributed by atoms with Gasteiger partial charge in [-0.2, -0.15) is 0 Å². The lowest BCUT2D eigenvalue weighted by atomic mass is 9.87. The zero-order chi connectivity index (χ0) is 57.3. The fourth-order valence-corrected chi connectivity index (χ4v) is 14.0. The van der Waals surface area contributed by atoms with E-state index in [2.05, 4.69) is 57.5 Å². The lowest BCUT2D eigenvalue weighted by Gasteiger charge is -2.42. The van der Waals surface area contributed by atoms with Crippen molar-refractivity contribution in [2.24, 2.45) is 58.8 Å². The number of piperidine rings is 3. The van der Waals surface area contributed by atoms with Crippen LogP contribution in [0.4, 0.5) is 0 Å². The second kappa shape index (κ2) is 31.5. The van der Waals surface area contributed by atoms with Crippen molar-refractivity contribution >= 4 is 41.4 Å². The minimum atomic E-state index is -0.814. The molecule has 0 radical (unpaired) electrons. The molecule has 6 amide bonds. The molecule has 79 heavy (non-hydrogen) atoms. The lowest BCUT2D eigenvalue weighted by Crippen LogP contribution is -2.62. The molecule has 6 rings (SSSR count). The van der Waals surface area contributed by atoms with E-state index in [4.69, 9.17) is 11.5 Å². The Kier molecular flexibility index (Phi) is 25.6. The zero-order valence-electron chi connectivity index (χ0n) is 49.9. The molecule has 6 heterocycles. The van der Waals surface area contributed by atoms with E-state index in [1.54, 1.807) is 4.90 Å². The Hall–Kier alpha value is -3.91. The molecule has 4 unspecified atom stereocenters. The third kappa shape index (κ3) is 18.5. The minimum Gasteiger partial charge on any atom is -0.481 e. The molecular formula is C60H107N11O8. The van der Waals surface area contributed by atoms with Gasteiger partial charge >= 0.3 is 5.97 Å². The summed E-state index contributed by atoms with van der Waals surface area (Å²) in [6, 6.07) is -2.79. The third-order valence-corrected chi connectivity index (χ3v) is 19.1. The molecular weight excluding hydrogens is 1000 g/mol. The van der Waals surface area contributed by atoms with Crippen LogP contribution in [0.5, 0.6) is 0 Å². The maximum absolute atomic E-state index is 14.8. The molecule has 0 aromatic carbocycles. The van der Waals surface area contributed by atoms with E-state index in [0.717, 1.165) is 64.2 Å². The van der Waals surface area contributed by atoms with Crippen LogP contribution in [0.15, 0.2) is 0 Å². The highest BCUT2D eigenvalue weighted by atomic mass is 16.4. The summed E-state index contributed by atoms with van der Waals surface area (Å²) >= 11 is 0. The molecule has 450 valence electrons. The number of aliphatic carboxylic acids is 1. The van der Waals surface area contributed by atoms with Gasteiger partial charge in [0.2, 0.25) is 35.4 Å². The molecule has 6 aliphatic rings. The number of amides is 6. The number of carbonyl (C=O) groups excluding carboxylic acids is 6. The number of nitrogens with two attached hydrogens (primary N) is 2. The maximum Gasteiger partial charge on any atom is 0.303 e. The van der Waals surface area contributed by atoms with Gasteiger partial charge in [0.15, 0.2) is 0 Å². The Balaban J connectivity index is 1.04. The van der Waals surface area contributed by atoms with Crippen LogP contribution in [0.1, 0.15) is 164 Å². The minimum absolute atomic E-state index is 0.00940. The Labute approximate surface area is 474 Å². The van der Waals surface area contributed by atoms with Crippen LogP contribution in [0.25, 0.3) is 0 Å². The van der Waals surface area contributed by atoms with Gasteiger partial charge in [-0.05, 0) is 151 Å². The Bertz CT molecular complexity index is 1970. The number of carboxylic acids is 1. The van der Waals surface area contributed by atoms with E-state index >= 15 is 0 Å². The van der Waals surface area contributed by atoms with E-state index in [0.29, 0.717) is 154 Å². The molecule has 0 saturated carbocycles. The summed E-state index contributed by atoms with van der Waals surface area (Å²) in [6.07, 6.45) is 13.5. The average molecular weight is 1110 g/mol. The highest BCUT2D eigenvalue weighted by Crippen LogP contribution is 2.31. The van der Waals surface area contributed by atoms with Crippen LogP contribution >= 0.6 is 0 Å². The number of rotatable bonds is 28. The van der Waals surface area contributed by atoms with Crippen molar-refractivity contribution in [2.75, 3.05) is 91.6 Å². The second-order valence-electron chi connectivity index (χ2n) is 26.0. The van der Waals surface area contributed by atoms with Crippen LogP contribution in [-0.2, 0) is 33.6 Å². The fourth-order valence-electron chi connectivity index (χ4n) is 14.0. The largest absolute Gasteiger partial charge is 0.481 e. The molecule has 19 nitrogen and oxygen atoms in total. The van der Waals surface area contributed by atoms with Crippen molar-refractivity contribution in [3.8, 4) is 0 Å². The lowest BCUT2D eigenvalue weighted by molar-refractivity contribution is -0.151. The van der Waals surface area contributed by atoms with Gasteiger partial charge in [-0.15, -0.1) is 0 Å². The first kappa shape index (κ1) is 64.3. The first-order valence-corrected chi connectivity index (χ1v) is 31.4. The molecule has 0 bridgehead atoms. The number of carbonyl (C=O) groups is 7. The molecule has 0 aliphatic carbocycles. The van der Waals surface area contributed by atoms with E-state index in [1.165, 1.54) is 0 Å². The Morgan fingerprint density at radius 2 is 0.823 bits per heavy atom. The van der Waals surface area contributed by atoms with Crippen LogP contribution < -0.4 is 27.4 Å². The zero-order valence-corrected chi connectivity index (χ0v) is 49.9. The SMILES string of the molecule is CC(C)C[C@@H]1NCCN([C@@H](CC(C)CCC(C)C[C@@H]2NCCN([C@@H](CC(C)CCC(C)C[C@@H]3NCCN([C@@H](C)C(=O)N4CCC(CCN)CC4)C3=O)C(=O)N3CCC(CCN)CC3)C2=O)C(=O)N2CCC(CC(=O)O)CC2)C1=O. The summed E-state index contributed by atoms with van der Waals surface area (Å²) < 4.78 is 0. The highest BCUT2D eigenvalue weighted by Gasteiger charge is 2.43. The molecule has 6 aliphatic heterocycles. The maximum atomic E-state index is 14.8. The summed E-state index contributed by atoms with van der Waals surface area (Å²) in [5.74, 6) is 1.22. The summed E-state index contributed by atoms with van der Waals surface area (Å²) in [5, 5.41) is 19.8. The van der Waals surface area contributed by atoms with E-state index < -0.39 is 30.1 Å². The number of hydrogen-bond acceptors (Lipinski definition) is 12. The molecule has 0 aromatic heterocycles. The summed E-state index contributed by atoms with van der Waals surface area (Å²) in [5.41, 5.74) is 11.7. The van der Waals surface area contributed by atoms with Gasteiger partial charge < -0.3 is 61.9 Å². The summed E-state index contributed by atoms with van der Waals surface area (Å²) in [7, 11) is 0. The van der Waals surface area contributed by atoms with E-state index in [9.17, 15) is 38.7 Å². The first-order chi connectivity index (χ1) is 37.8. The van der Waals surface area contributed by atoms with Gasteiger partial charge in [-0.25, -0.2) is 0 Å². The van der Waals surface area contributed by atoms with Crippen molar-refractivity contribution in [2.45, 2.75) is 200 Å². The Morgan fingerprint density at radius 3 is 1.20 bits per heavy atom. The predicted molar refractivity (Wildman–Crippen MR) is 308 cm³/mol. The molecule has 0 spiro atoms. The van der Waals surface area contributed by atoms with Crippen LogP contribution in [0.2, 0.25) is 0 Å². The molecule has 10 atom stereocenters. The van der Waals surface area contributed by atoms with Crippen molar-refractivity contribution in [1.29, 1.82) is 0 Å². The monoisotopic (exact) mass is 1110 g/mol. The third-order valence-electron chi connectivity index (χ3n) is 19.1. The molecule has 19 heteroatoms. The molecule has 6 saturated heterocycles. The van der Waals surface area contributed by atoms with Crippen LogP contribution in [-0.4, -0.2) is 204 Å². The van der Waals surface area contributed by atoms with E-state index in [1.807, 2.05) is 31.4 Å². The van der Waals surface area contributed by atoms with Gasteiger partial charge in [-0.3, -0.25) is 33.6 Å². The number of carboxylic acid groups (broad SMARTS) is 1. The molecule has 8 N–H and O–H groups in total. The standard InChI is InChI=1S/C60H107N11O8/c1-40(2)34-49-57(76)70(32-23-63-49)52(60(79)68-29-18-48(19-30-68)39-54(72)73)37-43(5)11-9-42(4)36-51-58(77)71(33-24-65-51)53(59(78)67-27-16-47(13-21-62)17-28-67)38-44(6)10-8-41(3)35-50-56(75)69(31-22-64-50)45(7)55(74)66-25-14-46(12-20-61)15-26-66/h40-53,63-65H,8-39,61-62H2,1-7H3,(H,72,73)/t41?,42?,43?,44?,45-,49-,50-,51-,52-,53-/m0/s1. The molecule has 0 aromatic rings. The fraction of sp³-hybridized carbons (Fsp3) is 0.883. The topological polar surface area (TPSA) is 247 Å². The van der Waals surface area contributed by atoms with Crippen molar-refractivity contribution < 1.29 is 38.7 Å². The quantitative estimate of drug-likeness (QED) is 0.0647. The van der Waals surface area contributed by atoms with Crippen LogP contribution in [0.3, 0.4) is 0 Å². The Morgan fingerprint density at radius 1 is 0.481 bits per heavy atom. The van der Waals surface area contributed by atoms with Crippen LogP contribution in [0, 0.1) is 47.3 Å². The van der Waals surface area contributed by atoms with Crippen molar-refractivity contribution in [1.82, 2.24) is 45.3 Å². The normalized spacial score (nSPS) is 25.3. The van der Waals surface area contributed by atoms with Crippen molar-refractivity contribution in [3.05, 3.63) is 0 Å². The number of nitrogens with one attached hydrogen (secondary N) is 3. The summed E-state index contributed by atoms with van der Waals surface area (Å²) in [4.78, 5) is 108. The summed E-state index contributed by atoms with van der Waals surface area (Å²) in [6.45, 7) is 23.1. The predicted octanol–water partition coefficient (Wildman–Crippen LogP) is 4.11. The number of hydrogen-bond donors (Lipinski definition) is 6. The van der Waals surface area contributed by atoms with Crippen molar-refractivity contribution in [3.63, 3.8) is 0 Å². The van der Waals surface area contributed by atoms with Gasteiger partial charge in [0.05, 0.1) is 18.1 Å². The highest BCUT2D eigenvalue weighted by molar-refractivity contribution is 5.92. The second-order valence-corrected chi connectivity index (χ2v) is 26.0. The van der Waals surface area contributed by atoms with Gasteiger partial charge in [-0.1, -0.05) is 67.2 Å². The first-order valence-electron chi connectivity index (χ1n) is 31.4. The molecule has 6 fully saturated rings. The smallest absolute Gasteiger partial charge is 0.303 e. The van der Waals surface area contributed by atoms with E-state index in [-0.39, 0.29) is 83.5 Å². The van der Waals surface area contributed by atoms with Gasteiger partial charge in [0.1, 0.15) is 18.1 Å². The van der Waals surface area contributed by atoms with Gasteiger partial charge in [0.25, 0.3) is 0 Å². The average Bonchev–Trinajstić information content (AvgIpc) is 3.42. The number of likely N-dealkylation sites (tertiary alicyclic amines) is 3.